The van der Waals surface area contributed by atoms with Gasteiger partial charge in [-0.15, -0.1) is 0 Å². The van der Waals surface area contributed by atoms with E-state index < -0.39 is 10.8 Å². The predicted octanol–water partition coefficient (Wildman–Crippen LogP) is 3.62. The van der Waals surface area contributed by atoms with Gasteiger partial charge in [0.25, 0.3) is 11.6 Å². The number of halogens is 1. The summed E-state index contributed by atoms with van der Waals surface area (Å²) in [6.45, 7) is 1.77. The van der Waals surface area contributed by atoms with Gasteiger partial charge in [0.05, 0.1) is 10.6 Å². The third-order valence-electron chi connectivity index (χ3n) is 2.88. The van der Waals surface area contributed by atoms with E-state index in [-0.39, 0.29) is 17.1 Å². The third-order valence-corrected chi connectivity index (χ3v) is 3.38. The summed E-state index contributed by atoms with van der Waals surface area (Å²) in [7, 11) is 0. The summed E-state index contributed by atoms with van der Waals surface area (Å²) in [5.74, 6) is -0.689. The fourth-order valence-electron chi connectivity index (χ4n) is 1.77. The Morgan fingerprint density at radius 3 is 2.67 bits per heavy atom. The Bertz CT molecular complexity index is 731. The first-order valence-corrected chi connectivity index (χ1v) is 6.72. The number of nitrogens with one attached hydrogen (secondary N) is 1. The average molecular weight is 351 g/mol. The number of nitro groups is 1. The molecule has 6 nitrogen and oxygen atoms in total. The average Bonchev–Trinajstić information content (AvgIpc) is 2.43. The predicted molar refractivity (Wildman–Crippen MR) is 81.6 cm³/mol. The van der Waals surface area contributed by atoms with Crippen LogP contribution in [0.15, 0.2) is 40.9 Å². The van der Waals surface area contributed by atoms with E-state index in [1.165, 1.54) is 6.07 Å². The Labute approximate surface area is 128 Å². The highest BCUT2D eigenvalue weighted by molar-refractivity contribution is 9.10. The lowest BCUT2D eigenvalue weighted by Crippen LogP contribution is -2.13. The summed E-state index contributed by atoms with van der Waals surface area (Å²) in [5.41, 5.74) is 0.943. The van der Waals surface area contributed by atoms with Gasteiger partial charge in [0.1, 0.15) is 5.75 Å². The minimum Gasteiger partial charge on any atom is -0.506 e. The summed E-state index contributed by atoms with van der Waals surface area (Å²) >= 11 is 3.28. The van der Waals surface area contributed by atoms with Gasteiger partial charge in [-0.1, -0.05) is 22.0 Å². The Hall–Kier alpha value is -2.41. The number of non-ortho nitro benzene ring substituents is 1. The summed E-state index contributed by atoms with van der Waals surface area (Å²) < 4.78 is 0.738. The number of nitro benzene ring substituents is 1. The van der Waals surface area contributed by atoms with Crippen LogP contribution in [0.5, 0.6) is 5.75 Å². The van der Waals surface area contributed by atoms with Gasteiger partial charge in [0.15, 0.2) is 0 Å². The van der Waals surface area contributed by atoms with Crippen molar-refractivity contribution in [2.24, 2.45) is 0 Å². The van der Waals surface area contributed by atoms with Crippen LogP contribution in [0.3, 0.4) is 0 Å². The zero-order chi connectivity index (χ0) is 15.6. The third kappa shape index (κ3) is 3.38. The van der Waals surface area contributed by atoms with Crippen molar-refractivity contribution < 1.29 is 14.8 Å². The molecule has 0 saturated heterocycles. The molecule has 0 radical (unpaired) electrons. The standard InChI is InChI=1S/C14H11BrN2O4/c1-8-2-3-9(15)6-11(8)14(19)16-12-7-10(17(20)21)4-5-13(12)18/h2-7,18H,1H3,(H,16,19). The fourth-order valence-corrected chi connectivity index (χ4v) is 2.13. The van der Waals surface area contributed by atoms with Gasteiger partial charge in [-0.25, -0.2) is 0 Å². The normalized spacial score (nSPS) is 10.2. The molecule has 0 atom stereocenters. The number of hydrogen-bond acceptors (Lipinski definition) is 4. The Balaban J connectivity index is 2.33. The number of hydrogen-bond donors (Lipinski definition) is 2. The smallest absolute Gasteiger partial charge is 0.271 e. The van der Waals surface area contributed by atoms with E-state index in [2.05, 4.69) is 21.2 Å². The van der Waals surface area contributed by atoms with Gasteiger partial charge in [-0.3, -0.25) is 14.9 Å². The van der Waals surface area contributed by atoms with Crippen LogP contribution in [0.4, 0.5) is 11.4 Å². The molecule has 2 aromatic rings. The second-order valence-corrected chi connectivity index (χ2v) is 5.29. The van der Waals surface area contributed by atoms with Gasteiger partial charge in [0.2, 0.25) is 0 Å². The molecule has 1 amide bonds. The van der Waals surface area contributed by atoms with Crippen LogP contribution in [0, 0.1) is 17.0 Å². The molecule has 0 spiro atoms. The zero-order valence-electron chi connectivity index (χ0n) is 11.0. The molecule has 2 rings (SSSR count). The van der Waals surface area contributed by atoms with Gasteiger partial charge in [0, 0.05) is 22.2 Å². The molecule has 0 fully saturated rings. The first-order chi connectivity index (χ1) is 9.88. The first kappa shape index (κ1) is 15.0. The van der Waals surface area contributed by atoms with Gasteiger partial charge in [-0.2, -0.15) is 0 Å². The van der Waals surface area contributed by atoms with E-state index in [9.17, 15) is 20.0 Å². The zero-order valence-corrected chi connectivity index (χ0v) is 12.5. The molecular formula is C14H11BrN2O4. The number of rotatable bonds is 3. The number of carbonyl (C=O) groups excluding carboxylic acids is 1. The van der Waals surface area contributed by atoms with Crippen molar-refractivity contribution >= 4 is 33.2 Å². The fraction of sp³-hybridized carbons (Fsp3) is 0.0714. The summed E-state index contributed by atoms with van der Waals surface area (Å²) in [4.78, 5) is 22.3. The number of benzene rings is 2. The summed E-state index contributed by atoms with van der Waals surface area (Å²) in [6.07, 6.45) is 0. The molecule has 21 heavy (non-hydrogen) atoms. The van der Waals surface area contributed by atoms with Crippen molar-refractivity contribution in [2.45, 2.75) is 6.92 Å². The molecule has 0 aliphatic heterocycles. The Morgan fingerprint density at radius 1 is 1.29 bits per heavy atom. The molecule has 2 aromatic carbocycles. The number of aryl methyl sites for hydroxylation is 1. The van der Waals surface area contributed by atoms with E-state index in [1.54, 1.807) is 25.1 Å². The van der Waals surface area contributed by atoms with E-state index in [0.29, 0.717) is 5.56 Å². The maximum Gasteiger partial charge on any atom is 0.271 e. The SMILES string of the molecule is Cc1ccc(Br)cc1C(=O)Nc1cc([N+](=O)[O-])ccc1O. The first-order valence-electron chi connectivity index (χ1n) is 5.93. The van der Waals surface area contributed by atoms with Crippen molar-refractivity contribution in [3.8, 4) is 5.75 Å². The molecule has 0 aliphatic carbocycles. The highest BCUT2D eigenvalue weighted by Gasteiger charge is 2.15. The Kier molecular flexibility index (Phi) is 4.23. The molecule has 0 saturated carbocycles. The molecule has 0 aromatic heterocycles. The van der Waals surface area contributed by atoms with Crippen molar-refractivity contribution in [3.63, 3.8) is 0 Å². The summed E-state index contributed by atoms with van der Waals surface area (Å²) in [6, 6.07) is 8.65. The largest absolute Gasteiger partial charge is 0.506 e. The molecule has 2 N–H and O–H groups in total. The van der Waals surface area contributed by atoms with Crippen LogP contribution >= 0.6 is 15.9 Å². The number of phenols is 1. The lowest BCUT2D eigenvalue weighted by Gasteiger charge is -2.09. The number of phenolic OH excluding ortho intramolecular Hbond substituents is 1. The highest BCUT2D eigenvalue weighted by atomic mass is 79.9. The lowest BCUT2D eigenvalue weighted by molar-refractivity contribution is -0.384. The van der Waals surface area contributed by atoms with E-state index >= 15 is 0 Å². The van der Waals surface area contributed by atoms with Gasteiger partial charge >= 0.3 is 0 Å². The van der Waals surface area contributed by atoms with E-state index in [4.69, 9.17) is 0 Å². The van der Waals surface area contributed by atoms with Crippen LogP contribution in [0.2, 0.25) is 0 Å². The van der Waals surface area contributed by atoms with E-state index in [0.717, 1.165) is 22.2 Å². The second-order valence-electron chi connectivity index (χ2n) is 4.37. The topological polar surface area (TPSA) is 92.5 Å². The molecular weight excluding hydrogens is 340 g/mol. The summed E-state index contributed by atoms with van der Waals surface area (Å²) in [5, 5.41) is 22.9. The van der Waals surface area contributed by atoms with Crippen LogP contribution in [-0.4, -0.2) is 15.9 Å². The molecule has 108 valence electrons. The Morgan fingerprint density at radius 2 is 2.00 bits per heavy atom. The van der Waals surface area contributed by atoms with E-state index in [1.807, 2.05) is 0 Å². The van der Waals surface area contributed by atoms with Crippen LogP contribution < -0.4 is 5.32 Å². The number of nitrogens with zero attached hydrogens (tertiary/aromatic N) is 1. The maximum absolute atomic E-state index is 12.2. The second kappa shape index (κ2) is 5.92. The molecule has 0 heterocycles. The molecule has 0 unspecified atom stereocenters. The van der Waals surface area contributed by atoms with Crippen molar-refractivity contribution in [2.75, 3.05) is 5.32 Å². The van der Waals surface area contributed by atoms with Gasteiger partial charge < -0.3 is 10.4 Å². The number of aromatic hydroxyl groups is 1. The maximum atomic E-state index is 12.2. The quantitative estimate of drug-likeness (QED) is 0.502. The molecule has 0 bridgehead atoms. The van der Waals surface area contributed by atoms with Crippen LogP contribution in [0.25, 0.3) is 0 Å². The van der Waals surface area contributed by atoms with Crippen molar-refractivity contribution in [1.82, 2.24) is 0 Å². The van der Waals surface area contributed by atoms with Crippen LogP contribution in [0.1, 0.15) is 15.9 Å². The number of amides is 1. The van der Waals surface area contributed by atoms with Crippen LogP contribution in [-0.2, 0) is 0 Å². The molecule has 0 aliphatic rings. The number of carbonyl (C=O) groups is 1. The molecule has 7 heteroatoms. The minimum absolute atomic E-state index is 0.00595. The van der Waals surface area contributed by atoms with Crippen molar-refractivity contribution in [3.05, 3.63) is 62.1 Å². The highest BCUT2D eigenvalue weighted by Crippen LogP contribution is 2.28. The minimum atomic E-state index is -0.598. The lowest BCUT2D eigenvalue weighted by atomic mass is 10.1. The monoisotopic (exact) mass is 350 g/mol. The number of anilines is 1. The van der Waals surface area contributed by atoms with Gasteiger partial charge in [-0.05, 0) is 30.7 Å². The van der Waals surface area contributed by atoms with Crippen molar-refractivity contribution in [1.29, 1.82) is 0 Å².